The predicted octanol–water partition coefficient (Wildman–Crippen LogP) is -0.864. The Bertz CT molecular complexity index is 789. The summed E-state index contributed by atoms with van der Waals surface area (Å²) in [5.74, 6) is -0.925. The number of halogens is 1. The monoisotopic (exact) mass is 464 g/mol. The molecular weight excluding hydrogens is 447 g/mol. The molecule has 2 aromatic rings. The maximum absolute atomic E-state index is 10.8. The highest BCUT2D eigenvalue weighted by Crippen LogP contribution is 2.19. The van der Waals surface area contributed by atoms with E-state index in [0.717, 1.165) is 11.6 Å². The van der Waals surface area contributed by atoms with Gasteiger partial charge in [0.05, 0.1) is 4.90 Å². The van der Waals surface area contributed by atoms with Crippen molar-refractivity contribution in [1.82, 2.24) is 0 Å². The lowest BCUT2D eigenvalue weighted by Crippen LogP contribution is -3.61. The van der Waals surface area contributed by atoms with E-state index in [-0.39, 0.29) is 35.8 Å². The fourth-order valence-corrected chi connectivity index (χ4v) is 4.24. The highest BCUT2D eigenvalue weighted by atomic mass is 127. The van der Waals surface area contributed by atoms with E-state index in [1.165, 1.54) is 19.1 Å². The Balaban J connectivity index is 0.000000240. The number of carboxylic acid groups (broad SMARTS) is 1. The number of rotatable bonds is 4. The predicted molar refractivity (Wildman–Crippen MR) is 83.5 cm³/mol. The van der Waals surface area contributed by atoms with Gasteiger partial charge in [0.25, 0.3) is 25.1 Å². The second-order valence-electron chi connectivity index (χ2n) is 4.73. The molecule has 0 saturated heterocycles. The van der Waals surface area contributed by atoms with Crippen molar-refractivity contribution in [3.05, 3.63) is 59.7 Å². The van der Waals surface area contributed by atoms with Crippen LogP contribution in [0.2, 0.25) is 0 Å². The molecule has 130 valence electrons. The summed E-state index contributed by atoms with van der Waals surface area (Å²) in [6.45, 7) is 1.49. The summed E-state index contributed by atoms with van der Waals surface area (Å²) in [5, 5.41) is 17.8. The van der Waals surface area contributed by atoms with Crippen LogP contribution in [0.4, 0.5) is 0 Å². The molecule has 0 bridgehead atoms. The van der Waals surface area contributed by atoms with Crippen molar-refractivity contribution >= 4 is 16.1 Å². The van der Waals surface area contributed by atoms with Crippen molar-refractivity contribution in [3.63, 3.8) is 0 Å². The maximum Gasteiger partial charge on any atom is 0.360 e. The number of benzene rings is 2. The van der Waals surface area contributed by atoms with Gasteiger partial charge in [-0.25, -0.2) is 13.2 Å². The highest BCUT2D eigenvalue weighted by molar-refractivity contribution is 7.85. The number of aliphatic carboxylic acids is 1. The van der Waals surface area contributed by atoms with Gasteiger partial charge in [0, 0.05) is 5.56 Å². The molecule has 8 heteroatoms. The Labute approximate surface area is 151 Å². The molecule has 0 heterocycles. The van der Waals surface area contributed by atoms with Crippen molar-refractivity contribution < 1.29 is 49.2 Å². The fourth-order valence-electron chi connectivity index (χ4n) is 1.84. The Hall–Kier alpha value is -1.65. The van der Waals surface area contributed by atoms with Gasteiger partial charge in [-0.15, -0.1) is 0 Å². The van der Waals surface area contributed by atoms with Gasteiger partial charge in [-0.2, -0.15) is 0 Å². The molecule has 0 aliphatic heterocycles. The standard InChI is InChI=1S/C9H9IO2.C7H8O4S/c1-10-8(9(11)12)7-5-3-2-4-6-7;1-5-2-3-6(8)4-7(5)12(9,10)11/h2-6,8H,1H3;2-4,8H,1H3,(H,9,10,11). The zero-order chi connectivity index (χ0) is 18.3. The van der Waals surface area contributed by atoms with E-state index >= 15 is 0 Å². The number of alkyl halides is 2. The van der Waals surface area contributed by atoms with Gasteiger partial charge in [-0.3, -0.25) is 0 Å². The van der Waals surface area contributed by atoms with Gasteiger partial charge in [0.1, 0.15) is 20.8 Å². The van der Waals surface area contributed by atoms with Crippen LogP contribution in [-0.2, 0) is 14.9 Å². The van der Waals surface area contributed by atoms with Crippen LogP contribution in [0.1, 0.15) is 15.1 Å². The smallest absolute Gasteiger partial charge is 0.360 e. The first-order valence-electron chi connectivity index (χ1n) is 6.68. The molecule has 0 aliphatic rings. The Morgan fingerprint density at radius 3 is 2.17 bits per heavy atom. The Morgan fingerprint density at radius 2 is 1.75 bits per heavy atom. The lowest BCUT2D eigenvalue weighted by Gasteiger charge is -2.09. The number of aryl methyl sites for hydroxylation is 1. The zero-order valence-electron chi connectivity index (χ0n) is 13.0. The SMILES string of the molecule is C[I+]C(C(=O)O)c1ccccc1.Cc1ccc(O)cc1S(=O)(=O)[O-]. The quantitative estimate of drug-likeness (QED) is 0.346. The van der Waals surface area contributed by atoms with Crippen LogP contribution in [0.25, 0.3) is 0 Å². The normalized spacial score (nSPS) is 12.0. The van der Waals surface area contributed by atoms with Crippen LogP contribution in [0.3, 0.4) is 0 Å². The van der Waals surface area contributed by atoms with Crippen LogP contribution in [0.15, 0.2) is 53.4 Å². The highest BCUT2D eigenvalue weighted by Gasteiger charge is 2.29. The van der Waals surface area contributed by atoms with Gasteiger partial charge >= 0.3 is 5.97 Å². The summed E-state index contributed by atoms with van der Waals surface area (Å²) in [5.41, 5.74) is 1.27. The Kier molecular flexibility index (Phi) is 7.64. The topological polar surface area (TPSA) is 115 Å². The van der Waals surface area contributed by atoms with Crippen molar-refractivity contribution in [2.75, 3.05) is 4.93 Å². The Morgan fingerprint density at radius 1 is 1.17 bits per heavy atom. The molecule has 0 amide bonds. The van der Waals surface area contributed by atoms with Crippen molar-refractivity contribution in [3.8, 4) is 5.75 Å². The van der Waals surface area contributed by atoms with E-state index in [1.54, 1.807) is 0 Å². The fraction of sp³-hybridized carbons (Fsp3) is 0.188. The average Bonchev–Trinajstić information content (AvgIpc) is 2.51. The summed E-state index contributed by atoms with van der Waals surface area (Å²) in [6.07, 6.45) is 0. The van der Waals surface area contributed by atoms with Crippen LogP contribution in [0.5, 0.6) is 5.75 Å². The van der Waals surface area contributed by atoms with Gasteiger partial charge in [0.2, 0.25) is 0 Å². The number of aromatic hydroxyl groups is 1. The lowest BCUT2D eigenvalue weighted by molar-refractivity contribution is -0.658. The number of carboxylic acids is 1. The van der Waals surface area contributed by atoms with Gasteiger partial charge in [-0.05, 0) is 24.6 Å². The zero-order valence-corrected chi connectivity index (χ0v) is 16.0. The molecule has 0 aromatic heterocycles. The number of hydrogen-bond acceptors (Lipinski definition) is 5. The molecule has 1 unspecified atom stereocenters. The molecule has 0 saturated carbocycles. The van der Waals surface area contributed by atoms with Crippen molar-refractivity contribution in [1.29, 1.82) is 0 Å². The minimum atomic E-state index is -4.47. The van der Waals surface area contributed by atoms with Gasteiger partial charge in [0.15, 0.2) is 0 Å². The second-order valence-corrected chi connectivity index (χ2v) is 8.57. The van der Waals surface area contributed by atoms with E-state index in [4.69, 9.17) is 10.2 Å². The number of phenols is 1. The molecule has 0 radical (unpaired) electrons. The molecule has 0 spiro atoms. The minimum absolute atomic E-state index is 0.227. The van der Waals surface area contributed by atoms with Gasteiger partial charge in [-0.1, -0.05) is 36.4 Å². The van der Waals surface area contributed by atoms with E-state index in [0.29, 0.717) is 5.56 Å². The van der Waals surface area contributed by atoms with E-state index in [2.05, 4.69) is 0 Å². The first-order valence-corrected chi connectivity index (χ1v) is 11.5. The molecule has 6 nitrogen and oxygen atoms in total. The average molecular weight is 464 g/mol. The first kappa shape index (κ1) is 20.4. The third-order valence-corrected chi connectivity index (χ3v) is 6.44. The van der Waals surface area contributed by atoms with Crippen molar-refractivity contribution in [2.45, 2.75) is 15.7 Å². The summed E-state index contributed by atoms with van der Waals surface area (Å²) in [4.78, 5) is 12.4. The molecule has 1 atom stereocenters. The largest absolute Gasteiger partial charge is 0.744 e. The summed E-state index contributed by atoms with van der Waals surface area (Å²) in [7, 11) is -4.47. The molecule has 2 N–H and O–H groups in total. The molecular formula is C16H17IO6S. The number of phenolic OH excluding ortho intramolecular Hbond substituents is 1. The summed E-state index contributed by atoms with van der Waals surface area (Å²) >= 11 is -0.277. The maximum atomic E-state index is 10.8. The third kappa shape index (κ3) is 6.10. The first-order chi connectivity index (χ1) is 11.2. The summed E-state index contributed by atoms with van der Waals surface area (Å²) < 4.78 is 31.4. The van der Waals surface area contributed by atoms with E-state index < -0.39 is 16.1 Å². The third-order valence-electron chi connectivity index (χ3n) is 2.97. The lowest BCUT2D eigenvalue weighted by atomic mass is 10.2. The van der Waals surface area contributed by atoms with Gasteiger partial charge < -0.3 is 14.8 Å². The van der Waals surface area contributed by atoms with Crippen LogP contribution < -0.4 is 21.2 Å². The van der Waals surface area contributed by atoms with E-state index in [1.807, 2.05) is 35.3 Å². The number of carbonyl (C=O) groups is 1. The van der Waals surface area contributed by atoms with E-state index in [9.17, 15) is 17.8 Å². The van der Waals surface area contributed by atoms with Crippen LogP contribution in [0, 0.1) is 6.92 Å². The van der Waals surface area contributed by atoms with Crippen molar-refractivity contribution in [2.24, 2.45) is 0 Å². The van der Waals surface area contributed by atoms with Crippen LogP contribution in [-0.4, -0.2) is 34.1 Å². The minimum Gasteiger partial charge on any atom is -0.744 e. The molecule has 0 fully saturated rings. The summed E-state index contributed by atoms with van der Waals surface area (Å²) in [6, 6.07) is 13.1. The van der Waals surface area contributed by atoms with Crippen LogP contribution >= 0.6 is 0 Å². The molecule has 0 aliphatic carbocycles. The molecule has 24 heavy (non-hydrogen) atoms. The molecule has 2 aromatic carbocycles. The second kappa shape index (κ2) is 9.00. The number of hydrogen-bond donors (Lipinski definition) is 2. The molecule has 2 rings (SSSR count).